The molecule has 1 aromatic carbocycles. The minimum atomic E-state index is -0.862. The van der Waals surface area contributed by atoms with E-state index in [0.717, 1.165) is 72.8 Å². The quantitative estimate of drug-likeness (QED) is 0.386. The van der Waals surface area contributed by atoms with Crippen molar-refractivity contribution in [2.24, 2.45) is 16.8 Å². The second-order valence-corrected chi connectivity index (χ2v) is 13.4. The van der Waals surface area contributed by atoms with Crippen molar-refractivity contribution in [3.8, 4) is 0 Å². The van der Waals surface area contributed by atoms with Crippen LogP contribution in [-0.2, 0) is 16.1 Å². The summed E-state index contributed by atoms with van der Waals surface area (Å²) in [4.78, 5) is 44.1. The van der Waals surface area contributed by atoms with E-state index >= 15 is 0 Å². The predicted octanol–water partition coefficient (Wildman–Crippen LogP) is 4.94. The Labute approximate surface area is 236 Å². The molecule has 3 aliphatic heterocycles. The zero-order chi connectivity index (χ0) is 27.9. The minimum absolute atomic E-state index is 0.0966. The molecule has 1 aromatic rings. The number of carbonyl (C=O) groups is 3. The molecule has 39 heavy (non-hydrogen) atoms. The lowest BCUT2D eigenvalue weighted by molar-refractivity contribution is -0.130. The fourth-order valence-electron chi connectivity index (χ4n) is 6.32. The molecule has 210 valence electrons. The number of amidine groups is 1. The molecular formula is C30H41N5O3S. The Morgan fingerprint density at radius 3 is 2.28 bits per heavy atom. The van der Waals surface area contributed by atoms with Gasteiger partial charge in [-0.25, -0.2) is 9.10 Å². The van der Waals surface area contributed by atoms with E-state index in [0.29, 0.717) is 5.92 Å². The van der Waals surface area contributed by atoms with Crippen LogP contribution in [0.25, 0.3) is 6.08 Å². The molecule has 8 nitrogen and oxygen atoms in total. The van der Waals surface area contributed by atoms with Crippen molar-refractivity contribution in [1.29, 1.82) is 0 Å². The highest BCUT2D eigenvalue weighted by Gasteiger charge is 2.47. The number of aliphatic imine (C=N–C) groups is 1. The third kappa shape index (κ3) is 5.66. The normalized spacial score (nSPS) is 26.8. The molecule has 2 N–H and O–H groups in total. The van der Waals surface area contributed by atoms with Gasteiger partial charge in [-0.1, -0.05) is 43.8 Å². The van der Waals surface area contributed by atoms with E-state index in [1.165, 1.54) is 17.7 Å². The number of aryl methyl sites for hydroxylation is 2. The van der Waals surface area contributed by atoms with Gasteiger partial charge in [0.25, 0.3) is 11.8 Å². The lowest BCUT2D eigenvalue weighted by Crippen LogP contribution is -2.47. The fraction of sp³-hybridized carbons (Fsp3) is 0.600. The zero-order valence-electron chi connectivity index (χ0n) is 23.8. The Morgan fingerprint density at radius 2 is 1.69 bits per heavy atom. The third-order valence-corrected chi connectivity index (χ3v) is 9.76. The molecule has 4 amide bonds. The van der Waals surface area contributed by atoms with Gasteiger partial charge < -0.3 is 10.6 Å². The topological polar surface area (TPSA) is 94.1 Å². The van der Waals surface area contributed by atoms with Gasteiger partial charge in [-0.3, -0.25) is 19.5 Å². The number of urea groups is 1. The fourth-order valence-corrected chi connectivity index (χ4v) is 7.08. The van der Waals surface area contributed by atoms with E-state index in [1.807, 2.05) is 0 Å². The number of hydrogen-bond donors (Lipinski definition) is 2. The summed E-state index contributed by atoms with van der Waals surface area (Å²) in [6.07, 6.45) is 8.33. The van der Waals surface area contributed by atoms with E-state index in [2.05, 4.69) is 59.3 Å². The molecule has 4 aliphatic rings. The van der Waals surface area contributed by atoms with E-state index < -0.39 is 11.1 Å². The molecule has 9 heteroatoms. The van der Waals surface area contributed by atoms with Crippen LogP contribution in [0.4, 0.5) is 4.79 Å². The van der Waals surface area contributed by atoms with Crippen molar-refractivity contribution in [2.75, 3.05) is 13.1 Å². The summed E-state index contributed by atoms with van der Waals surface area (Å²) in [6.45, 7) is 11.8. The van der Waals surface area contributed by atoms with Crippen molar-refractivity contribution < 1.29 is 14.4 Å². The highest BCUT2D eigenvalue weighted by atomic mass is 32.2. The van der Waals surface area contributed by atoms with Crippen molar-refractivity contribution in [1.82, 2.24) is 19.8 Å². The highest BCUT2D eigenvalue weighted by Crippen LogP contribution is 2.37. The van der Waals surface area contributed by atoms with Gasteiger partial charge in [0.1, 0.15) is 16.9 Å². The highest BCUT2D eigenvalue weighted by molar-refractivity contribution is 8.00. The van der Waals surface area contributed by atoms with Gasteiger partial charge >= 0.3 is 6.03 Å². The number of benzene rings is 1. The second kappa shape index (κ2) is 10.7. The standard InChI is InChI=1S/C30H41N5O3S/c1-19-6-8-23(9-7-19)25-31-26(36)30(32-25)11-13-34(14-12-30)39-15-10-24-20(2)16-22(17-21(24)3)18-35-27(37)29(4,5)33-28(35)38/h10,15-17,19,23H,6-9,11-14,18H2,1-5H3,(H,33,38)(H,31,32,36)/b15-10+. The number of carbonyl (C=O) groups excluding carboxylic acids is 3. The van der Waals surface area contributed by atoms with Crippen LogP contribution in [0.5, 0.6) is 0 Å². The van der Waals surface area contributed by atoms with Gasteiger partial charge in [0.05, 0.1) is 6.54 Å². The first-order chi connectivity index (χ1) is 18.5. The van der Waals surface area contributed by atoms with Crippen molar-refractivity contribution in [3.63, 3.8) is 0 Å². The largest absolute Gasteiger partial charge is 0.325 e. The minimum Gasteiger partial charge on any atom is -0.324 e. The number of nitrogens with zero attached hydrogens (tertiary/aromatic N) is 3. The maximum atomic E-state index is 12.9. The van der Waals surface area contributed by atoms with E-state index in [4.69, 9.17) is 4.99 Å². The molecule has 3 fully saturated rings. The van der Waals surface area contributed by atoms with Crippen LogP contribution in [0.3, 0.4) is 0 Å². The van der Waals surface area contributed by atoms with Crippen LogP contribution in [0.1, 0.15) is 81.5 Å². The first-order valence-corrected chi connectivity index (χ1v) is 15.0. The maximum Gasteiger partial charge on any atom is 0.325 e. The van der Waals surface area contributed by atoms with Crippen molar-refractivity contribution in [3.05, 3.63) is 39.8 Å². The SMILES string of the molecule is Cc1cc(CN2C(=O)NC(C)(C)C2=O)cc(C)c1/C=C/SN1CCC2(CC1)N=C(C1CCC(C)CC1)NC2=O. The third-order valence-electron chi connectivity index (χ3n) is 8.83. The number of rotatable bonds is 6. The first-order valence-electron chi connectivity index (χ1n) is 14.2. The van der Waals surface area contributed by atoms with Crippen LogP contribution < -0.4 is 10.6 Å². The molecule has 0 unspecified atom stereocenters. The number of hydrogen-bond acceptors (Lipinski definition) is 6. The Morgan fingerprint density at radius 1 is 1.05 bits per heavy atom. The smallest absolute Gasteiger partial charge is 0.324 e. The summed E-state index contributed by atoms with van der Waals surface area (Å²) in [6, 6.07) is 3.76. The molecule has 3 heterocycles. The molecule has 2 saturated heterocycles. The molecule has 5 rings (SSSR count). The van der Waals surface area contributed by atoms with Crippen molar-refractivity contribution >= 4 is 41.7 Å². The summed E-state index contributed by atoms with van der Waals surface area (Å²) < 4.78 is 2.31. The van der Waals surface area contributed by atoms with Gasteiger partial charge in [0.2, 0.25) is 0 Å². The second-order valence-electron chi connectivity index (χ2n) is 12.4. The number of piperidine rings is 1. The van der Waals surface area contributed by atoms with Gasteiger partial charge in [-0.15, -0.1) is 0 Å². The van der Waals surface area contributed by atoms with Gasteiger partial charge in [0.15, 0.2) is 0 Å². The molecule has 0 atom stereocenters. The Hall–Kier alpha value is -2.65. The number of imide groups is 1. The van der Waals surface area contributed by atoms with Crippen LogP contribution in [0, 0.1) is 25.7 Å². The first kappa shape index (κ1) is 27.9. The lowest BCUT2D eigenvalue weighted by atomic mass is 9.82. The maximum absolute atomic E-state index is 12.9. The molecule has 1 aliphatic carbocycles. The molecule has 0 aromatic heterocycles. The monoisotopic (exact) mass is 551 g/mol. The summed E-state index contributed by atoms with van der Waals surface area (Å²) >= 11 is 1.68. The van der Waals surface area contributed by atoms with E-state index in [-0.39, 0.29) is 24.4 Å². The van der Waals surface area contributed by atoms with Crippen LogP contribution >= 0.6 is 11.9 Å². The Bertz CT molecular complexity index is 1200. The zero-order valence-corrected chi connectivity index (χ0v) is 24.6. The average molecular weight is 552 g/mol. The Kier molecular flexibility index (Phi) is 7.68. The summed E-state index contributed by atoms with van der Waals surface area (Å²) in [7, 11) is 0. The molecule has 1 saturated carbocycles. The lowest BCUT2D eigenvalue weighted by Gasteiger charge is -2.34. The Balaban J connectivity index is 1.16. The van der Waals surface area contributed by atoms with E-state index in [1.54, 1.807) is 25.8 Å². The number of amides is 4. The number of nitrogens with one attached hydrogen (secondary N) is 2. The summed E-state index contributed by atoms with van der Waals surface area (Å²) in [5, 5.41) is 8.00. The average Bonchev–Trinajstić information content (AvgIpc) is 3.29. The molecule has 0 radical (unpaired) electrons. The van der Waals surface area contributed by atoms with Gasteiger partial charge in [0, 0.05) is 19.0 Å². The molecule has 1 spiro atoms. The molecule has 0 bridgehead atoms. The van der Waals surface area contributed by atoms with Crippen molar-refractivity contribution in [2.45, 2.75) is 90.8 Å². The predicted molar refractivity (Wildman–Crippen MR) is 156 cm³/mol. The van der Waals surface area contributed by atoms with Gasteiger partial charge in [-0.05, 0) is 93.0 Å². The van der Waals surface area contributed by atoms with Crippen LogP contribution in [0.15, 0.2) is 22.5 Å². The van der Waals surface area contributed by atoms with Crippen LogP contribution in [0.2, 0.25) is 0 Å². The summed E-state index contributed by atoms with van der Waals surface area (Å²) in [5.74, 6) is 2.04. The van der Waals surface area contributed by atoms with Gasteiger partial charge in [-0.2, -0.15) is 0 Å². The van der Waals surface area contributed by atoms with Crippen LogP contribution in [-0.4, -0.2) is 57.1 Å². The van der Waals surface area contributed by atoms with E-state index in [9.17, 15) is 14.4 Å². The summed E-state index contributed by atoms with van der Waals surface area (Å²) in [5.41, 5.74) is 2.85. The molecular weight excluding hydrogens is 510 g/mol.